The van der Waals surface area contributed by atoms with Crippen LogP contribution in [-0.2, 0) is 4.79 Å². The molecule has 2 aliphatic rings. The van der Waals surface area contributed by atoms with Crippen molar-refractivity contribution in [3.63, 3.8) is 0 Å². The number of halogens is 1. The molecule has 0 spiro atoms. The average Bonchev–Trinajstić information content (AvgIpc) is 2.78. The maximum atomic E-state index is 13.2. The Hall–Kier alpha value is -2.66. The van der Waals surface area contributed by atoms with Crippen molar-refractivity contribution in [2.75, 3.05) is 18.0 Å². The fourth-order valence-corrected chi connectivity index (χ4v) is 3.46. The van der Waals surface area contributed by atoms with E-state index in [1.165, 1.54) is 0 Å². The quantitative estimate of drug-likeness (QED) is 0.903. The number of carbonyl (C=O) groups is 1. The van der Waals surface area contributed by atoms with Crippen LogP contribution in [0.4, 0.5) is 5.69 Å². The highest BCUT2D eigenvalue weighted by Gasteiger charge is 2.45. The molecule has 0 saturated carbocycles. The van der Waals surface area contributed by atoms with Crippen LogP contribution in [0.3, 0.4) is 0 Å². The molecule has 0 unspecified atom stereocenters. The van der Waals surface area contributed by atoms with Gasteiger partial charge in [0.25, 0.3) is 5.91 Å². The third-order valence-corrected chi connectivity index (χ3v) is 4.71. The Kier molecular flexibility index (Phi) is 4.01. The van der Waals surface area contributed by atoms with Crippen LogP contribution in [0.15, 0.2) is 64.9 Å². The van der Waals surface area contributed by atoms with E-state index in [0.717, 1.165) is 29.2 Å². The normalized spacial score (nSPS) is 20.1. The molecule has 2 aromatic rings. The number of rotatable bonds is 2. The maximum Gasteiger partial charge on any atom is 0.277 e. The summed E-state index contributed by atoms with van der Waals surface area (Å²) in [5.41, 5.74) is 3.98. The number of carbonyl (C=O) groups excluding carboxylic acids is 1. The smallest absolute Gasteiger partial charge is 0.277 e. The summed E-state index contributed by atoms with van der Waals surface area (Å²) < 4.78 is 0. The average molecular weight is 353 g/mol. The van der Waals surface area contributed by atoms with E-state index in [1.54, 1.807) is 23.2 Å². The minimum absolute atomic E-state index is 0.101. The van der Waals surface area contributed by atoms with Gasteiger partial charge in [-0.25, -0.2) is 0 Å². The van der Waals surface area contributed by atoms with Gasteiger partial charge < -0.3 is 5.32 Å². The summed E-state index contributed by atoms with van der Waals surface area (Å²) in [5, 5.41) is 3.99. The first-order valence-corrected chi connectivity index (χ1v) is 8.54. The van der Waals surface area contributed by atoms with Gasteiger partial charge in [0, 0.05) is 34.7 Å². The summed E-state index contributed by atoms with van der Waals surface area (Å²) in [5.74, 6) is -0.101. The van der Waals surface area contributed by atoms with Crippen LogP contribution in [0, 0.1) is 0 Å². The molecule has 1 saturated heterocycles. The number of benzene rings is 1. The Balaban J connectivity index is 1.92. The number of fused-ring (bicyclic) bond motifs is 1. The standard InChI is InChI=1S/C19H17ClN4O/c1-12-16-17(23-11-10-21-12)19(25)24(14-7-5-13(20)6-8-14)18(16)15-4-2-3-9-22-15/h2-9,18,21H,10-11H2,1H3/t18-/m1/s1. The minimum Gasteiger partial charge on any atom is -0.386 e. The molecular weight excluding hydrogens is 336 g/mol. The predicted octanol–water partition coefficient (Wildman–Crippen LogP) is 3.14. The zero-order chi connectivity index (χ0) is 17.4. The van der Waals surface area contributed by atoms with Crippen LogP contribution in [0.25, 0.3) is 0 Å². The first-order valence-electron chi connectivity index (χ1n) is 8.16. The largest absolute Gasteiger partial charge is 0.386 e. The molecule has 1 aromatic carbocycles. The number of hydrogen-bond donors (Lipinski definition) is 1. The zero-order valence-corrected chi connectivity index (χ0v) is 14.5. The van der Waals surface area contributed by atoms with Gasteiger partial charge in [0.05, 0.1) is 12.2 Å². The van der Waals surface area contributed by atoms with Crippen LogP contribution in [0.1, 0.15) is 18.7 Å². The highest BCUT2D eigenvalue weighted by Crippen LogP contribution is 2.40. The monoisotopic (exact) mass is 352 g/mol. The second-order valence-corrected chi connectivity index (χ2v) is 6.44. The van der Waals surface area contributed by atoms with Gasteiger partial charge in [-0.2, -0.15) is 0 Å². The van der Waals surface area contributed by atoms with Crippen molar-refractivity contribution in [2.24, 2.45) is 4.99 Å². The highest BCUT2D eigenvalue weighted by atomic mass is 35.5. The summed E-state index contributed by atoms with van der Waals surface area (Å²) in [7, 11) is 0. The summed E-state index contributed by atoms with van der Waals surface area (Å²) in [6.45, 7) is 3.29. The molecule has 5 nitrogen and oxygen atoms in total. The lowest BCUT2D eigenvalue weighted by atomic mass is 10.0. The summed E-state index contributed by atoms with van der Waals surface area (Å²) in [6, 6.07) is 12.7. The van der Waals surface area contributed by atoms with Crippen LogP contribution in [-0.4, -0.2) is 29.7 Å². The number of anilines is 1. The van der Waals surface area contributed by atoms with E-state index in [4.69, 9.17) is 11.6 Å². The van der Waals surface area contributed by atoms with Crippen molar-refractivity contribution in [1.82, 2.24) is 10.3 Å². The topological polar surface area (TPSA) is 57.6 Å². The Bertz CT molecular complexity index is 874. The van der Waals surface area contributed by atoms with Gasteiger partial charge in [-0.05, 0) is 43.3 Å². The fraction of sp³-hybridized carbons (Fsp3) is 0.211. The molecule has 1 N–H and O–H groups in total. The van der Waals surface area contributed by atoms with Crippen LogP contribution in [0.5, 0.6) is 0 Å². The highest BCUT2D eigenvalue weighted by molar-refractivity contribution is 6.53. The van der Waals surface area contributed by atoms with E-state index in [9.17, 15) is 4.79 Å². The van der Waals surface area contributed by atoms with E-state index in [2.05, 4.69) is 15.3 Å². The van der Waals surface area contributed by atoms with Crippen LogP contribution < -0.4 is 10.2 Å². The van der Waals surface area contributed by atoms with Gasteiger partial charge in [0.1, 0.15) is 11.8 Å². The summed E-state index contributed by atoms with van der Waals surface area (Å²) >= 11 is 6.02. The van der Waals surface area contributed by atoms with Gasteiger partial charge in [-0.1, -0.05) is 17.7 Å². The van der Waals surface area contributed by atoms with Gasteiger partial charge in [0.2, 0.25) is 0 Å². The second kappa shape index (κ2) is 6.33. The molecule has 1 aromatic heterocycles. The van der Waals surface area contributed by atoms with Crippen molar-refractivity contribution in [2.45, 2.75) is 13.0 Å². The van der Waals surface area contributed by atoms with Crippen molar-refractivity contribution < 1.29 is 4.79 Å². The first-order chi connectivity index (χ1) is 12.2. The second-order valence-electron chi connectivity index (χ2n) is 6.00. The van der Waals surface area contributed by atoms with Crippen molar-refractivity contribution >= 4 is 28.9 Å². The molecule has 0 radical (unpaired) electrons. The van der Waals surface area contributed by atoms with E-state index < -0.39 is 0 Å². The number of aliphatic imine (C=N–C) groups is 1. The van der Waals surface area contributed by atoms with Gasteiger partial charge in [0.15, 0.2) is 0 Å². The van der Waals surface area contributed by atoms with Gasteiger partial charge >= 0.3 is 0 Å². The van der Waals surface area contributed by atoms with Crippen molar-refractivity contribution in [3.05, 3.63) is 70.6 Å². The maximum absolute atomic E-state index is 13.2. The number of nitrogens with one attached hydrogen (secondary N) is 1. The Morgan fingerprint density at radius 2 is 2.00 bits per heavy atom. The van der Waals surface area contributed by atoms with Gasteiger partial charge in [-0.15, -0.1) is 0 Å². The molecule has 0 bridgehead atoms. The van der Waals surface area contributed by atoms with E-state index in [0.29, 0.717) is 17.3 Å². The number of hydrogen-bond acceptors (Lipinski definition) is 4. The molecule has 4 rings (SSSR count). The molecule has 2 aliphatic heterocycles. The minimum atomic E-state index is -0.306. The molecule has 25 heavy (non-hydrogen) atoms. The number of amides is 1. The lowest BCUT2D eigenvalue weighted by Crippen LogP contribution is -2.30. The SMILES string of the molecule is CC1=C2C(=NCCN1)C(=O)N(c1ccc(Cl)cc1)[C@@H]2c1ccccn1. The number of allylic oxidation sites excluding steroid dienone is 1. The number of pyridine rings is 1. The molecule has 1 amide bonds. The summed E-state index contributed by atoms with van der Waals surface area (Å²) in [6.07, 6.45) is 1.75. The Morgan fingerprint density at radius 3 is 2.72 bits per heavy atom. The van der Waals surface area contributed by atoms with E-state index in [-0.39, 0.29) is 11.9 Å². The Labute approximate surface area is 151 Å². The molecule has 126 valence electrons. The molecule has 3 heterocycles. The van der Waals surface area contributed by atoms with Crippen molar-refractivity contribution in [1.29, 1.82) is 0 Å². The Morgan fingerprint density at radius 1 is 1.20 bits per heavy atom. The molecule has 6 heteroatoms. The van der Waals surface area contributed by atoms with Crippen molar-refractivity contribution in [3.8, 4) is 0 Å². The van der Waals surface area contributed by atoms with E-state index in [1.807, 2.05) is 37.3 Å². The molecule has 1 fully saturated rings. The van der Waals surface area contributed by atoms with Crippen LogP contribution in [0.2, 0.25) is 5.02 Å². The van der Waals surface area contributed by atoms with Crippen LogP contribution >= 0.6 is 11.6 Å². The predicted molar refractivity (Wildman–Crippen MR) is 98.9 cm³/mol. The third-order valence-electron chi connectivity index (χ3n) is 4.46. The lowest BCUT2D eigenvalue weighted by Gasteiger charge is -2.25. The van der Waals surface area contributed by atoms with Gasteiger partial charge in [-0.3, -0.25) is 19.7 Å². The lowest BCUT2D eigenvalue weighted by molar-refractivity contribution is -0.112. The molecule has 0 aliphatic carbocycles. The van der Waals surface area contributed by atoms with E-state index >= 15 is 0 Å². The molecular formula is C19H17ClN4O. The zero-order valence-electron chi connectivity index (χ0n) is 13.7. The number of aromatic nitrogens is 1. The first kappa shape index (κ1) is 15.8. The fourth-order valence-electron chi connectivity index (χ4n) is 3.33. The third kappa shape index (κ3) is 2.70. The summed E-state index contributed by atoms with van der Waals surface area (Å²) in [4.78, 5) is 24.0. The number of nitrogens with zero attached hydrogens (tertiary/aromatic N) is 3. The molecule has 1 atom stereocenters.